The van der Waals surface area contributed by atoms with Crippen LogP contribution in [0.15, 0.2) is 0 Å². The molecule has 0 saturated heterocycles. The maximum Gasteiger partial charge on any atom is 0.00104 e. The zero-order valence-corrected chi connectivity index (χ0v) is 11.2. The van der Waals surface area contributed by atoms with Crippen LogP contribution in [-0.4, -0.2) is 12.6 Å². The first kappa shape index (κ1) is 13.0. The molecule has 0 aliphatic heterocycles. The van der Waals surface area contributed by atoms with Crippen molar-refractivity contribution < 1.29 is 0 Å². The van der Waals surface area contributed by atoms with E-state index < -0.39 is 0 Å². The van der Waals surface area contributed by atoms with E-state index in [0.717, 1.165) is 23.7 Å². The lowest BCUT2D eigenvalue weighted by molar-refractivity contribution is 0.310. The highest BCUT2D eigenvalue weighted by Crippen LogP contribution is 2.39. The van der Waals surface area contributed by atoms with E-state index in [2.05, 4.69) is 39.9 Å². The molecule has 1 aliphatic carbocycles. The summed E-state index contributed by atoms with van der Waals surface area (Å²) >= 11 is 0. The highest BCUT2D eigenvalue weighted by molar-refractivity contribution is 4.81. The second-order valence-corrected chi connectivity index (χ2v) is 6.12. The van der Waals surface area contributed by atoms with E-state index >= 15 is 0 Å². The highest BCUT2D eigenvalue weighted by Gasteiger charge is 2.29. The first-order chi connectivity index (χ1) is 7.00. The molecule has 3 unspecified atom stereocenters. The Labute approximate surface area is 96.0 Å². The second-order valence-electron chi connectivity index (χ2n) is 6.12. The normalized spacial score (nSPS) is 29.0. The van der Waals surface area contributed by atoms with Crippen LogP contribution in [0.5, 0.6) is 0 Å². The predicted molar refractivity (Wildman–Crippen MR) is 68.0 cm³/mol. The molecule has 0 aromatic heterocycles. The summed E-state index contributed by atoms with van der Waals surface area (Å²) in [5.74, 6) is 3.72. The van der Waals surface area contributed by atoms with E-state index in [-0.39, 0.29) is 0 Å². The van der Waals surface area contributed by atoms with Crippen molar-refractivity contribution in [3.8, 4) is 0 Å². The zero-order chi connectivity index (χ0) is 11.4. The monoisotopic (exact) mass is 211 g/mol. The van der Waals surface area contributed by atoms with Gasteiger partial charge in [-0.05, 0) is 49.5 Å². The summed E-state index contributed by atoms with van der Waals surface area (Å²) in [7, 11) is 0. The molecule has 0 heterocycles. The van der Waals surface area contributed by atoms with Crippen molar-refractivity contribution in [3.05, 3.63) is 0 Å². The van der Waals surface area contributed by atoms with Crippen LogP contribution in [0.2, 0.25) is 0 Å². The molecule has 90 valence electrons. The van der Waals surface area contributed by atoms with Crippen molar-refractivity contribution in [1.29, 1.82) is 0 Å². The first-order valence-electron chi connectivity index (χ1n) is 6.74. The lowest BCUT2D eigenvalue weighted by Crippen LogP contribution is -2.30. The summed E-state index contributed by atoms with van der Waals surface area (Å²) in [5.41, 5.74) is 0. The van der Waals surface area contributed by atoms with Gasteiger partial charge in [0.25, 0.3) is 0 Å². The molecular formula is C14H29N. The van der Waals surface area contributed by atoms with Gasteiger partial charge >= 0.3 is 0 Å². The lowest BCUT2D eigenvalue weighted by Gasteiger charge is -2.22. The Morgan fingerprint density at radius 3 is 2.07 bits per heavy atom. The highest BCUT2D eigenvalue weighted by atomic mass is 14.9. The summed E-state index contributed by atoms with van der Waals surface area (Å²) in [6.07, 6.45) is 4.40. The Kier molecular flexibility index (Phi) is 5.11. The van der Waals surface area contributed by atoms with Gasteiger partial charge in [-0.2, -0.15) is 0 Å². The van der Waals surface area contributed by atoms with Gasteiger partial charge in [0.15, 0.2) is 0 Å². The topological polar surface area (TPSA) is 12.0 Å². The average molecular weight is 211 g/mol. The van der Waals surface area contributed by atoms with E-state index in [0.29, 0.717) is 6.04 Å². The third-order valence-electron chi connectivity index (χ3n) is 4.11. The van der Waals surface area contributed by atoms with Crippen molar-refractivity contribution in [2.45, 2.75) is 59.9 Å². The number of hydrogen-bond donors (Lipinski definition) is 1. The molecule has 1 fully saturated rings. The van der Waals surface area contributed by atoms with Crippen LogP contribution in [0.3, 0.4) is 0 Å². The summed E-state index contributed by atoms with van der Waals surface area (Å²) in [5, 5.41) is 3.57. The molecular weight excluding hydrogens is 182 g/mol. The molecule has 0 aromatic carbocycles. The van der Waals surface area contributed by atoms with Gasteiger partial charge in [-0.15, -0.1) is 0 Å². The van der Waals surface area contributed by atoms with Crippen molar-refractivity contribution in [3.63, 3.8) is 0 Å². The molecule has 1 heteroatoms. The number of hydrogen-bond acceptors (Lipinski definition) is 1. The van der Waals surface area contributed by atoms with Crippen molar-refractivity contribution in [2.24, 2.45) is 23.7 Å². The molecule has 15 heavy (non-hydrogen) atoms. The molecule has 0 spiro atoms. The quantitative estimate of drug-likeness (QED) is 0.731. The Morgan fingerprint density at radius 1 is 1.00 bits per heavy atom. The van der Waals surface area contributed by atoms with Gasteiger partial charge in [-0.3, -0.25) is 0 Å². The molecule has 1 nitrogen and oxygen atoms in total. The molecule has 1 saturated carbocycles. The van der Waals surface area contributed by atoms with Crippen LogP contribution < -0.4 is 5.32 Å². The van der Waals surface area contributed by atoms with Gasteiger partial charge in [0.1, 0.15) is 0 Å². The zero-order valence-electron chi connectivity index (χ0n) is 11.2. The number of rotatable bonds is 5. The van der Waals surface area contributed by atoms with Crippen molar-refractivity contribution >= 4 is 0 Å². The molecule has 0 radical (unpaired) electrons. The smallest absolute Gasteiger partial charge is 0.00104 e. The third kappa shape index (κ3) is 4.14. The van der Waals surface area contributed by atoms with Crippen LogP contribution in [0, 0.1) is 23.7 Å². The van der Waals surface area contributed by atoms with Crippen LogP contribution in [-0.2, 0) is 0 Å². The molecule has 0 amide bonds. The minimum absolute atomic E-state index is 0.634. The lowest BCUT2D eigenvalue weighted by atomic mass is 9.88. The second kappa shape index (κ2) is 5.89. The van der Waals surface area contributed by atoms with Gasteiger partial charge < -0.3 is 5.32 Å². The van der Waals surface area contributed by atoms with Gasteiger partial charge in [0.05, 0.1) is 0 Å². The summed E-state index contributed by atoms with van der Waals surface area (Å²) in [4.78, 5) is 0. The third-order valence-corrected chi connectivity index (χ3v) is 4.11. The number of nitrogens with one attached hydrogen (secondary N) is 1. The van der Waals surface area contributed by atoms with Crippen molar-refractivity contribution in [1.82, 2.24) is 5.32 Å². The van der Waals surface area contributed by atoms with Gasteiger partial charge in [-0.25, -0.2) is 0 Å². The fourth-order valence-corrected chi connectivity index (χ4v) is 2.76. The molecule has 1 N–H and O–H groups in total. The van der Waals surface area contributed by atoms with Gasteiger partial charge in [-0.1, -0.05) is 34.6 Å². The Bertz CT molecular complexity index is 174. The van der Waals surface area contributed by atoms with E-state index in [1.807, 2.05) is 0 Å². The minimum Gasteiger partial charge on any atom is -0.314 e. The fraction of sp³-hybridized carbons (Fsp3) is 1.00. The van der Waals surface area contributed by atoms with E-state index in [9.17, 15) is 0 Å². The van der Waals surface area contributed by atoms with E-state index in [1.54, 1.807) is 0 Å². The minimum atomic E-state index is 0.634. The average Bonchev–Trinajstić information content (AvgIpc) is 2.62. The standard InChI is InChI=1S/C14H29N/c1-10(2)13-6-7-14(8-13)12(5)9-15-11(3)4/h10-15H,6-9H2,1-5H3. The van der Waals surface area contributed by atoms with Crippen LogP contribution in [0.1, 0.15) is 53.9 Å². The summed E-state index contributed by atoms with van der Waals surface area (Å²) in [6.45, 7) is 12.8. The predicted octanol–water partition coefficient (Wildman–Crippen LogP) is 3.69. The summed E-state index contributed by atoms with van der Waals surface area (Å²) in [6, 6.07) is 0.634. The van der Waals surface area contributed by atoms with E-state index in [1.165, 1.54) is 25.8 Å². The van der Waals surface area contributed by atoms with Crippen LogP contribution in [0.25, 0.3) is 0 Å². The molecule has 1 aliphatic rings. The largest absolute Gasteiger partial charge is 0.314 e. The first-order valence-corrected chi connectivity index (χ1v) is 6.74. The van der Waals surface area contributed by atoms with Gasteiger partial charge in [0, 0.05) is 6.04 Å². The summed E-state index contributed by atoms with van der Waals surface area (Å²) < 4.78 is 0. The maximum absolute atomic E-state index is 3.57. The Balaban J connectivity index is 2.27. The molecule has 3 atom stereocenters. The van der Waals surface area contributed by atoms with Crippen LogP contribution >= 0.6 is 0 Å². The Morgan fingerprint density at radius 2 is 1.60 bits per heavy atom. The molecule has 1 rings (SSSR count). The van der Waals surface area contributed by atoms with E-state index in [4.69, 9.17) is 0 Å². The SMILES string of the molecule is CC(C)NCC(C)C1CCC(C(C)C)C1. The van der Waals surface area contributed by atoms with Crippen molar-refractivity contribution in [2.75, 3.05) is 6.54 Å². The van der Waals surface area contributed by atoms with Gasteiger partial charge in [0.2, 0.25) is 0 Å². The Hall–Kier alpha value is -0.0400. The molecule has 0 aromatic rings. The maximum atomic E-state index is 3.57. The van der Waals surface area contributed by atoms with Crippen LogP contribution in [0.4, 0.5) is 0 Å². The molecule has 0 bridgehead atoms. The fourth-order valence-electron chi connectivity index (χ4n) is 2.76.